The summed E-state index contributed by atoms with van der Waals surface area (Å²) >= 11 is 0. The van der Waals surface area contributed by atoms with E-state index in [0.29, 0.717) is 6.29 Å². The molecule has 0 aliphatic carbocycles. The SMILES string of the molecule is CC(C)(C=O)N(Cc1ccccc1)C(=O)O. The molecule has 4 heteroatoms. The number of benzene rings is 1. The Balaban J connectivity index is 2.89. The lowest BCUT2D eigenvalue weighted by Gasteiger charge is -2.31. The third-order valence-electron chi connectivity index (χ3n) is 2.40. The summed E-state index contributed by atoms with van der Waals surface area (Å²) in [5, 5.41) is 9.07. The molecule has 1 N–H and O–H groups in total. The van der Waals surface area contributed by atoms with Gasteiger partial charge >= 0.3 is 6.09 Å². The van der Waals surface area contributed by atoms with Gasteiger partial charge in [0.25, 0.3) is 0 Å². The number of carbonyl (C=O) groups is 2. The maximum Gasteiger partial charge on any atom is 0.408 e. The van der Waals surface area contributed by atoms with E-state index in [1.807, 2.05) is 30.3 Å². The highest BCUT2D eigenvalue weighted by Crippen LogP contribution is 2.16. The second-order valence-electron chi connectivity index (χ2n) is 4.13. The molecule has 0 saturated heterocycles. The minimum Gasteiger partial charge on any atom is -0.465 e. The Labute approximate surface area is 94.5 Å². The summed E-state index contributed by atoms with van der Waals surface area (Å²) in [6.45, 7) is 3.37. The van der Waals surface area contributed by atoms with Crippen LogP contribution in [0.3, 0.4) is 0 Å². The number of aldehydes is 1. The standard InChI is InChI=1S/C12H15NO3/c1-12(2,9-14)13(11(15)16)8-10-6-4-3-5-7-10/h3-7,9H,8H2,1-2H3,(H,15,16). The van der Waals surface area contributed by atoms with Gasteiger partial charge in [-0.25, -0.2) is 4.79 Å². The Bertz CT molecular complexity index is 373. The van der Waals surface area contributed by atoms with Crippen molar-refractivity contribution in [2.24, 2.45) is 0 Å². The summed E-state index contributed by atoms with van der Waals surface area (Å²) in [6, 6.07) is 9.19. The highest BCUT2D eigenvalue weighted by Gasteiger charge is 2.30. The summed E-state index contributed by atoms with van der Waals surface area (Å²) in [4.78, 5) is 23.1. The lowest BCUT2D eigenvalue weighted by atomic mass is 10.0. The maximum atomic E-state index is 11.1. The lowest BCUT2D eigenvalue weighted by Crippen LogP contribution is -2.47. The van der Waals surface area contributed by atoms with Crippen LogP contribution in [0.2, 0.25) is 0 Å². The van der Waals surface area contributed by atoms with Crippen molar-refractivity contribution in [1.29, 1.82) is 0 Å². The highest BCUT2D eigenvalue weighted by atomic mass is 16.4. The number of amides is 1. The molecule has 1 amide bonds. The Hall–Kier alpha value is -1.84. The van der Waals surface area contributed by atoms with Crippen LogP contribution in [0.4, 0.5) is 4.79 Å². The van der Waals surface area contributed by atoms with E-state index in [2.05, 4.69) is 0 Å². The monoisotopic (exact) mass is 221 g/mol. The molecule has 0 fully saturated rings. The summed E-state index contributed by atoms with van der Waals surface area (Å²) in [5.74, 6) is 0. The van der Waals surface area contributed by atoms with E-state index in [-0.39, 0.29) is 6.54 Å². The van der Waals surface area contributed by atoms with E-state index in [0.717, 1.165) is 10.5 Å². The van der Waals surface area contributed by atoms with Gasteiger partial charge in [0.15, 0.2) is 0 Å². The summed E-state index contributed by atoms with van der Waals surface area (Å²) in [5.41, 5.74) is -0.151. The van der Waals surface area contributed by atoms with Gasteiger partial charge in [0.2, 0.25) is 0 Å². The average Bonchev–Trinajstić information content (AvgIpc) is 2.26. The second-order valence-corrected chi connectivity index (χ2v) is 4.13. The fraction of sp³-hybridized carbons (Fsp3) is 0.333. The van der Waals surface area contributed by atoms with Crippen molar-refractivity contribution in [2.45, 2.75) is 25.9 Å². The molecule has 1 aromatic carbocycles. The van der Waals surface area contributed by atoms with Crippen LogP contribution in [0.25, 0.3) is 0 Å². The van der Waals surface area contributed by atoms with Crippen LogP contribution in [-0.2, 0) is 11.3 Å². The molecule has 1 rings (SSSR count). The first-order valence-corrected chi connectivity index (χ1v) is 4.98. The number of carboxylic acid groups (broad SMARTS) is 1. The largest absolute Gasteiger partial charge is 0.465 e. The second kappa shape index (κ2) is 4.79. The smallest absolute Gasteiger partial charge is 0.408 e. The molecule has 86 valence electrons. The van der Waals surface area contributed by atoms with Crippen LogP contribution in [0.5, 0.6) is 0 Å². The van der Waals surface area contributed by atoms with Crippen molar-refractivity contribution in [2.75, 3.05) is 0 Å². The fourth-order valence-corrected chi connectivity index (χ4v) is 1.35. The molecule has 0 bridgehead atoms. The topological polar surface area (TPSA) is 57.6 Å². The zero-order chi connectivity index (χ0) is 12.2. The summed E-state index contributed by atoms with van der Waals surface area (Å²) in [7, 11) is 0. The molecule has 0 aliphatic rings. The molecule has 1 aromatic rings. The van der Waals surface area contributed by atoms with E-state index >= 15 is 0 Å². The van der Waals surface area contributed by atoms with Crippen molar-refractivity contribution in [3.8, 4) is 0 Å². The number of hydrogen-bond donors (Lipinski definition) is 1. The Morgan fingerprint density at radius 3 is 2.38 bits per heavy atom. The van der Waals surface area contributed by atoms with Gasteiger partial charge in [-0.2, -0.15) is 0 Å². The van der Waals surface area contributed by atoms with Crippen molar-refractivity contribution in [3.63, 3.8) is 0 Å². The van der Waals surface area contributed by atoms with Crippen molar-refractivity contribution in [1.82, 2.24) is 4.90 Å². The molecule has 0 aromatic heterocycles. The normalized spacial score (nSPS) is 10.9. The number of hydrogen-bond acceptors (Lipinski definition) is 2. The van der Waals surface area contributed by atoms with Gasteiger partial charge in [0, 0.05) is 6.54 Å². The molecule has 0 aliphatic heterocycles. The Morgan fingerprint density at radius 1 is 1.38 bits per heavy atom. The highest BCUT2D eigenvalue weighted by molar-refractivity contribution is 5.74. The van der Waals surface area contributed by atoms with Gasteiger partial charge < -0.3 is 9.90 Å². The molecule has 16 heavy (non-hydrogen) atoms. The molecule has 0 unspecified atom stereocenters. The van der Waals surface area contributed by atoms with E-state index in [1.165, 1.54) is 0 Å². The van der Waals surface area contributed by atoms with Crippen molar-refractivity contribution >= 4 is 12.4 Å². The average molecular weight is 221 g/mol. The number of nitrogens with zero attached hydrogens (tertiary/aromatic N) is 1. The molecular formula is C12H15NO3. The van der Waals surface area contributed by atoms with Crippen molar-refractivity contribution < 1.29 is 14.7 Å². The zero-order valence-corrected chi connectivity index (χ0v) is 9.38. The predicted octanol–water partition coefficient (Wildman–Crippen LogP) is 2.14. The van der Waals surface area contributed by atoms with Crippen LogP contribution in [-0.4, -0.2) is 27.9 Å². The molecule has 4 nitrogen and oxygen atoms in total. The van der Waals surface area contributed by atoms with E-state index < -0.39 is 11.6 Å². The molecule has 0 saturated carbocycles. The van der Waals surface area contributed by atoms with Crippen LogP contribution >= 0.6 is 0 Å². The Morgan fingerprint density at radius 2 is 1.94 bits per heavy atom. The van der Waals surface area contributed by atoms with Gasteiger partial charge in [0.05, 0.1) is 5.54 Å². The predicted molar refractivity (Wildman–Crippen MR) is 60.2 cm³/mol. The molecule has 0 heterocycles. The Kier molecular flexibility index (Phi) is 3.66. The van der Waals surface area contributed by atoms with E-state index in [1.54, 1.807) is 13.8 Å². The first-order valence-electron chi connectivity index (χ1n) is 4.98. The third-order valence-corrected chi connectivity index (χ3v) is 2.40. The van der Waals surface area contributed by atoms with Gasteiger partial charge in [-0.15, -0.1) is 0 Å². The summed E-state index contributed by atoms with van der Waals surface area (Å²) in [6.07, 6.45) is -0.453. The molecule has 0 radical (unpaired) electrons. The lowest BCUT2D eigenvalue weighted by molar-refractivity contribution is -0.116. The number of carbonyl (C=O) groups excluding carboxylic acids is 1. The van der Waals surface area contributed by atoms with Crippen LogP contribution in [0.15, 0.2) is 30.3 Å². The zero-order valence-electron chi connectivity index (χ0n) is 9.38. The van der Waals surface area contributed by atoms with Crippen LogP contribution in [0.1, 0.15) is 19.4 Å². The van der Waals surface area contributed by atoms with E-state index in [9.17, 15) is 9.59 Å². The maximum absolute atomic E-state index is 11.1. The minimum atomic E-state index is -1.10. The first-order chi connectivity index (χ1) is 7.47. The number of rotatable bonds is 4. The van der Waals surface area contributed by atoms with E-state index in [4.69, 9.17) is 5.11 Å². The minimum absolute atomic E-state index is 0.210. The quantitative estimate of drug-likeness (QED) is 0.792. The van der Waals surface area contributed by atoms with Crippen LogP contribution < -0.4 is 0 Å². The first kappa shape index (κ1) is 12.2. The molecule has 0 atom stereocenters. The van der Waals surface area contributed by atoms with Gasteiger partial charge in [-0.3, -0.25) is 4.90 Å². The van der Waals surface area contributed by atoms with Gasteiger partial charge in [0.1, 0.15) is 6.29 Å². The summed E-state index contributed by atoms with van der Waals surface area (Å²) < 4.78 is 0. The fourth-order valence-electron chi connectivity index (χ4n) is 1.35. The van der Waals surface area contributed by atoms with Gasteiger partial charge in [-0.1, -0.05) is 30.3 Å². The van der Waals surface area contributed by atoms with Crippen LogP contribution in [0, 0.1) is 0 Å². The molecule has 0 spiro atoms. The van der Waals surface area contributed by atoms with Crippen molar-refractivity contribution in [3.05, 3.63) is 35.9 Å². The molecular weight excluding hydrogens is 206 g/mol. The third kappa shape index (κ3) is 2.82. The van der Waals surface area contributed by atoms with Gasteiger partial charge in [-0.05, 0) is 19.4 Å².